The van der Waals surface area contributed by atoms with Gasteiger partial charge >= 0.3 is 18.0 Å². The molecular formula is C11H18F2O5. The van der Waals surface area contributed by atoms with Crippen LogP contribution < -0.4 is 0 Å². The number of carboxylic acid groups (broad SMARTS) is 1. The average molecular weight is 268 g/mol. The second kappa shape index (κ2) is 6.63. The maximum atomic E-state index is 12.8. The summed E-state index contributed by atoms with van der Waals surface area (Å²) in [4.78, 5) is 21.5. The molecule has 0 aromatic rings. The third-order valence-corrected chi connectivity index (χ3v) is 2.42. The maximum absolute atomic E-state index is 12.8. The fourth-order valence-corrected chi connectivity index (χ4v) is 0.892. The Morgan fingerprint density at radius 2 is 1.78 bits per heavy atom. The lowest BCUT2D eigenvalue weighted by atomic mass is 9.91. The van der Waals surface area contributed by atoms with Crippen LogP contribution in [0.4, 0.5) is 8.78 Å². The van der Waals surface area contributed by atoms with Crippen molar-refractivity contribution in [3.05, 3.63) is 0 Å². The van der Waals surface area contributed by atoms with E-state index >= 15 is 0 Å². The normalized spacial score (nSPS) is 12.3. The van der Waals surface area contributed by atoms with Crippen LogP contribution in [0.3, 0.4) is 0 Å². The number of carbonyl (C=O) groups excluding carboxylic acids is 1. The van der Waals surface area contributed by atoms with Crippen molar-refractivity contribution in [2.45, 2.75) is 39.7 Å². The third-order valence-electron chi connectivity index (χ3n) is 2.42. The summed E-state index contributed by atoms with van der Waals surface area (Å²) in [6.45, 7) is 4.27. The summed E-state index contributed by atoms with van der Waals surface area (Å²) in [6, 6.07) is 0. The van der Waals surface area contributed by atoms with Crippen LogP contribution in [-0.2, 0) is 19.1 Å². The van der Waals surface area contributed by atoms with Gasteiger partial charge in [0.25, 0.3) is 0 Å². The van der Waals surface area contributed by atoms with E-state index in [9.17, 15) is 18.4 Å². The van der Waals surface area contributed by atoms with Crippen molar-refractivity contribution in [1.29, 1.82) is 0 Å². The Hall–Kier alpha value is -1.24. The Kier molecular flexibility index (Phi) is 6.17. The smallest absolute Gasteiger partial charge is 0.366 e. The molecule has 0 heterocycles. The minimum atomic E-state index is -3.75. The molecule has 0 saturated heterocycles. The number of carbonyl (C=O) groups is 2. The molecule has 106 valence electrons. The molecule has 0 amide bonds. The standard InChI is InChI=1S/C11H18F2O5/c1-4-10(2,3)9(16)17-5-6-18-11(12,13)7-8(14)15/h4-7H2,1-3H3,(H,14,15). The first-order valence-electron chi connectivity index (χ1n) is 5.51. The number of hydrogen-bond acceptors (Lipinski definition) is 4. The summed E-state index contributed by atoms with van der Waals surface area (Å²) in [5, 5.41) is 8.19. The Morgan fingerprint density at radius 3 is 2.22 bits per heavy atom. The summed E-state index contributed by atoms with van der Waals surface area (Å²) in [5.74, 6) is -2.17. The molecule has 0 unspecified atom stereocenters. The van der Waals surface area contributed by atoms with E-state index in [2.05, 4.69) is 4.74 Å². The molecule has 5 nitrogen and oxygen atoms in total. The molecular weight excluding hydrogens is 250 g/mol. The summed E-state index contributed by atoms with van der Waals surface area (Å²) in [7, 11) is 0. The summed E-state index contributed by atoms with van der Waals surface area (Å²) in [6.07, 6.45) is -4.61. The summed E-state index contributed by atoms with van der Waals surface area (Å²) in [5.41, 5.74) is -0.677. The van der Waals surface area contributed by atoms with Crippen molar-refractivity contribution in [1.82, 2.24) is 0 Å². The molecule has 0 bridgehead atoms. The number of rotatable bonds is 8. The van der Waals surface area contributed by atoms with Crippen LogP contribution >= 0.6 is 0 Å². The fraction of sp³-hybridized carbons (Fsp3) is 0.818. The van der Waals surface area contributed by atoms with Crippen LogP contribution in [0.15, 0.2) is 0 Å². The van der Waals surface area contributed by atoms with Gasteiger partial charge in [0.15, 0.2) is 0 Å². The van der Waals surface area contributed by atoms with Gasteiger partial charge in [0.2, 0.25) is 0 Å². The van der Waals surface area contributed by atoms with E-state index < -0.39 is 36.5 Å². The Balaban J connectivity index is 3.94. The highest BCUT2D eigenvalue weighted by molar-refractivity contribution is 5.75. The zero-order valence-corrected chi connectivity index (χ0v) is 10.7. The summed E-state index contributed by atoms with van der Waals surface area (Å²) >= 11 is 0. The zero-order valence-electron chi connectivity index (χ0n) is 10.7. The Bertz CT molecular complexity index is 302. The molecule has 0 aliphatic carbocycles. The van der Waals surface area contributed by atoms with E-state index in [-0.39, 0.29) is 6.61 Å². The van der Waals surface area contributed by atoms with Crippen molar-refractivity contribution in [3.8, 4) is 0 Å². The van der Waals surface area contributed by atoms with Crippen molar-refractivity contribution in [2.24, 2.45) is 5.41 Å². The number of halogens is 2. The number of alkyl halides is 2. The first kappa shape index (κ1) is 16.8. The minimum absolute atomic E-state index is 0.336. The van der Waals surface area contributed by atoms with E-state index in [0.717, 1.165) is 0 Å². The predicted octanol–water partition coefficient (Wildman–Crippen LogP) is 2.05. The predicted molar refractivity (Wildman–Crippen MR) is 58.2 cm³/mol. The lowest BCUT2D eigenvalue weighted by molar-refractivity contribution is -0.247. The molecule has 0 spiro atoms. The fourth-order valence-electron chi connectivity index (χ4n) is 0.892. The first-order valence-corrected chi connectivity index (χ1v) is 5.51. The van der Waals surface area contributed by atoms with E-state index in [0.29, 0.717) is 6.42 Å². The molecule has 0 rings (SSSR count). The van der Waals surface area contributed by atoms with Crippen molar-refractivity contribution in [2.75, 3.05) is 13.2 Å². The van der Waals surface area contributed by atoms with Crippen LogP contribution in [0.25, 0.3) is 0 Å². The van der Waals surface area contributed by atoms with Gasteiger partial charge in [-0.3, -0.25) is 9.59 Å². The van der Waals surface area contributed by atoms with E-state index in [1.54, 1.807) is 20.8 Å². The second-order valence-electron chi connectivity index (χ2n) is 4.43. The molecule has 0 aliphatic rings. The number of esters is 1. The molecule has 0 aromatic heterocycles. The lowest BCUT2D eigenvalue weighted by Gasteiger charge is -2.21. The Labute approximate surface area is 104 Å². The minimum Gasteiger partial charge on any atom is -0.481 e. The SMILES string of the molecule is CCC(C)(C)C(=O)OCCOC(F)(F)CC(=O)O. The topological polar surface area (TPSA) is 72.8 Å². The molecule has 0 aliphatic heterocycles. The number of hydrogen-bond donors (Lipinski definition) is 1. The monoisotopic (exact) mass is 268 g/mol. The highest BCUT2D eigenvalue weighted by Gasteiger charge is 2.33. The van der Waals surface area contributed by atoms with Gasteiger partial charge in [-0.2, -0.15) is 8.78 Å². The van der Waals surface area contributed by atoms with Gasteiger partial charge in [-0.15, -0.1) is 0 Å². The summed E-state index contributed by atoms with van der Waals surface area (Å²) < 4.78 is 34.3. The molecule has 0 atom stereocenters. The number of aliphatic carboxylic acids is 1. The van der Waals surface area contributed by atoms with E-state index in [1.807, 2.05) is 0 Å². The highest BCUT2D eigenvalue weighted by Crippen LogP contribution is 2.22. The van der Waals surface area contributed by atoms with Crippen LogP contribution in [0, 0.1) is 5.41 Å². The van der Waals surface area contributed by atoms with Gasteiger partial charge < -0.3 is 14.6 Å². The van der Waals surface area contributed by atoms with Crippen molar-refractivity contribution in [3.63, 3.8) is 0 Å². The molecule has 0 saturated carbocycles. The van der Waals surface area contributed by atoms with Gasteiger partial charge in [-0.25, -0.2) is 0 Å². The highest BCUT2D eigenvalue weighted by atomic mass is 19.3. The molecule has 7 heteroatoms. The average Bonchev–Trinajstić information content (AvgIpc) is 2.22. The van der Waals surface area contributed by atoms with E-state index in [1.165, 1.54) is 0 Å². The number of ether oxygens (including phenoxy) is 2. The van der Waals surface area contributed by atoms with Crippen LogP contribution in [0.5, 0.6) is 0 Å². The molecule has 18 heavy (non-hydrogen) atoms. The van der Waals surface area contributed by atoms with Gasteiger partial charge in [0, 0.05) is 0 Å². The van der Waals surface area contributed by atoms with Crippen LogP contribution in [0.1, 0.15) is 33.6 Å². The first-order chi connectivity index (χ1) is 8.10. The largest absolute Gasteiger partial charge is 0.481 e. The Morgan fingerprint density at radius 1 is 1.22 bits per heavy atom. The van der Waals surface area contributed by atoms with Crippen LogP contribution in [0.2, 0.25) is 0 Å². The lowest BCUT2D eigenvalue weighted by Crippen LogP contribution is -2.30. The zero-order chi connectivity index (χ0) is 14.4. The third kappa shape index (κ3) is 6.48. The van der Waals surface area contributed by atoms with Crippen molar-refractivity contribution < 1.29 is 33.0 Å². The maximum Gasteiger partial charge on any atom is 0.366 e. The van der Waals surface area contributed by atoms with Crippen molar-refractivity contribution >= 4 is 11.9 Å². The quantitative estimate of drug-likeness (QED) is 0.538. The molecule has 0 aromatic carbocycles. The van der Waals surface area contributed by atoms with Gasteiger partial charge in [0.05, 0.1) is 12.0 Å². The van der Waals surface area contributed by atoms with Gasteiger partial charge in [0.1, 0.15) is 13.0 Å². The molecule has 0 fully saturated rings. The van der Waals surface area contributed by atoms with Gasteiger partial charge in [-0.05, 0) is 20.3 Å². The van der Waals surface area contributed by atoms with Crippen LogP contribution in [-0.4, -0.2) is 36.4 Å². The number of carboxylic acids is 1. The molecule has 1 N–H and O–H groups in total. The second-order valence-corrected chi connectivity index (χ2v) is 4.43. The van der Waals surface area contributed by atoms with Gasteiger partial charge in [-0.1, -0.05) is 6.92 Å². The molecule has 0 radical (unpaired) electrons. The van der Waals surface area contributed by atoms with E-state index in [4.69, 9.17) is 9.84 Å².